The fourth-order valence-corrected chi connectivity index (χ4v) is 2.51. The summed E-state index contributed by atoms with van der Waals surface area (Å²) in [5.74, 6) is -0.250. The van der Waals surface area contributed by atoms with Gasteiger partial charge in [0, 0.05) is 0 Å². The molecular formula is C18H21BO4. The van der Waals surface area contributed by atoms with Gasteiger partial charge in [0.2, 0.25) is 0 Å². The van der Waals surface area contributed by atoms with Crippen molar-refractivity contribution in [2.45, 2.75) is 38.9 Å². The van der Waals surface area contributed by atoms with E-state index in [1.807, 2.05) is 52.0 Å². The average molecular weight is 312 g/mol. The molecule has 23 heavy (non-hydrogen) atoms. The molecule has 0 aliphatic carbocycles. The minimum absolute atomic E-state index is 0.123. The van der Waals surface area contributed by atoms with Gasteiger partial charge in [-0.2, -0.15) is 0 Å². The van der Waals surface area contributed by atoms with Gasteiger partial charge in [0.1, 0.15) is 0 Å². The molecule has 120 valence electrons. The van der Waals surface area contributed by atoms with Crippen LogP contribution in [0.25, 0.3) is 11.1 Å². The summed E-state index contributed by atoms with van der Waals surface area (Å²) in [7, 11) is -0.387. The summed E-state index contributed by atoms with van der Waals surface area (Å²) in [6, 6.07) is 12.6. The van der Waals surface area contributed by atoms with Crippen LogP contribution in [0.5, 0.6) is 11.5 Å². The first-order valence-electron chi connectivity index (χ1n) is 7.67. The second kappa shape index (κ2) is 5.29. The standard InChI is InChI=1S/C18H21BO4/c1-17(2)18(3,4)23-19(22-17)14-8-5-12(6-9-14)13-7-10-15(20)16(21)11-13/h5-11,20-21H,1-4H3. The number of benzene rings is 2. The highest BCUT2D eigenvalue weighted by Gasteiger charge is 2.51. The minimum Gasteiger partial charge on any atom is -0.504 e. The van der Waals surface area contributed by atoms with Gasteiger partial charge in [-0.25, -0.2) is 0 Å². The first kappa shape index (κ1) is 15.9. The zero-order valence-electron chi connectivity index (χ0n) is 13.8. The molecule has 3 rings (SSSR count). The van der Waals surface area contributed by atoms with E-state index in [1.54, 1.807) is 12.1 Å². The second-order valence-corrected chi connectivity index (χ2v) is 6.91. The van der Waals surface area contributed by atoms with Crippen LogP contribution in [0.4, 0.5) is 0 Å². The van der Waals surface area contributed by atoms with Crippen LogP contribution in [0.15, 0.2) is 42.5 Å². The fourth-order valence-electron chi connectivity index (χ4n) is 2.51. The van der Waals surface area contributed by atoms with Crippen LogP contribution in [-0.4, -0.2) is 28.5 Å². The van der Waals surface area contributed by atoms with E-state index in [2.05, 4.69) is 0 Å². The van der Waals surface area contributed by atoms with Gasteiger partial charge in [-0.05, 0) is 56.4 Å². The van der Waals surface area contributed by atoms with Crippen LogP contribution in [0.3, 0.4) is 0 Å². The van der Waals surface area contributed by atoms with E-state index < -0.39 is 0 Å². The van der Waals surface area contributed by atoms with Crippen molar-refractivity contribution >= 4 is 12.6 Å². The molecule has 1 aliphatic rings. The summed E-state index contributed by atoms with van der Waals surface area (Å²) >= 11 is 0. The van der Waals surface area contributed by atoms with Gasteiger partial charge < -0.3 is 19.5 Å². The maximum absolute atomic E-state index is 9.61. The van der Waals surface area contributed by atoms with Gasteiger partial charge in [-0.3, -0.25) is 0 Å². The third-order valence-electron chi connectivity index (χ3n) is 4.74. The lowest BCUT2D eigenvalue weighted by molar-refractivity contribution is 0.00578. The van der Waals surface area contributed by atoms with Crippen molar-refractivity contribution in [1.29, 1.82) is 0 Å². The van der Waals surface area contributed by atoms with Crippen molar-refractivity contribution in [3.63, 3.8) is 0 Å². The maximum atomic E-state index is 9.61. The number of hydrogen-bond acceptors (Lipinski definition) is 4. The SMILES string of the molecule is CC1(C)OB(c2ccc(-c3ccc(O)c(O)c3)cc2)OC1(C)C. The van der Waals surface area contributed by atoms with Crippen LogP contribution < -0.4 is 5.46 Å². The Balaban J connectivity index is 1.84. The molecule has 5 heteroatoms. The number of aromatic hydroxyl groups is 2. The molecule has 4 nitrogen and oxygen atoms in total. The number of hydrogen-bond donors (Lipinski definition) is 2. The Kier molecular flexibility index (Phi) is 3.66. The average Bonchev–Trinajstić information content (AvgIpc) is 2.71. The van der Waals surface area contributed by atoms with Crippen molar-refractivity contribution in [2.75, 3.05) is 0 Å². The van der Waals surface area contributed by atoms with Crippen molar-refractivity contribution in [3.05, 3.63) is 42.5 Å². The number of rotatable bonds is 2. The highest BCUT2D eigenvalue weighted by Crippen LogP contribution is 2.36. The van der Waals surface area contributed by atoms with Gasteiger partial charge in [0.05, 0.1) is 11.2 Å². The molecule has 0 amide bonds. The lowest BCUT2D eigenvalue weighted by Crippen LogP contribution is -2.41. The third kappa shape index (κ3) is 2.82. The smallest absolute Gasteiger partial charge is 0.494 e. The molecule has 1 saturated heterocycles. The van der Waals surface area contributed by atoms with Crippen LogP contribution in [0.1, 0.15) is 27.7 Å². The molecule has 0 unspecified atom stereocenters. The largest absolute Gasteiger partial charge is 0.504 e. The molecular weight excluding hydrogens is 291 g/mol. The first-order valence-corrected chi connectivity index (χ1v) is 7.67. The Labute approximate surface area is 136 Å². The zero-order valence-corrected chi connectivity index (χ0v) is 13.8. The topological polar surface area (TPSA) is 58.9 Å². The van der Waals surface area contributed by atoms with Crippen LogP contribution in [0.2, 0.25) is 0 Å². The zero-order chi connectivity index (χ0) is 16.8. The fraction of sp³-hybridized carbons (Fsp3) is 0.333. The third-order valence-corrected chi connectivity index (χ3v) is 4.74. The summed E-state index contributed by atoms with van der Waals surface area (Å²) < 4.78 is 12.1. The molecule has 0 saturated carbocycles. The van der Waals surface area contributed by atoms with Gasteiger partial charge in [0.25, 0.3) is 0 Å². The molecule has 1 heterocycles. The van der Waals surface area contributed by atoms with Gasteiger partial charge in [-0.15, -0.1) is 0 Å². The quantitative estimate of drug-likeness (QED) is 0.661. The molecule has 2 aromatic rings. The van der Waals surface area contributed by atoms with Gasteiger partial charge >= 0.3 is 7.12 Å². The molecule has 0 spiro atoms. The molecule has 1 fully saturated rings. The summed E-state index contributed by atoms with van der Waals surface area (Å²) in [5, 5.41) is 19.0. The highest BCUT2D eigenvalue weighted by molar-refractivity contribution is 6.62. The highest BCUT2D eigenvalue weighted by atomic mass is 16.7. The van der Waals surface area contributed by atoms with E-state index in [4.69, 9.17) is 9.31 Å². The Bertz CT molecular complexity index is 706. The summed E-state index contributed by atoms with van der Waals surface area (Å²) in [6.07, 6.45) is 0. The Hall–Kier alpha value is -1.98. The second-order valence-electron chi connectivity index (χ2n) is 6.91. The lowest BCUT2D eigenvalue weighted by atomic mass is 9.78. The predicted octanol–water partition coefficient (Wildman–Crippen LogP) is 3.06. The van der Waals surface area contributed by atoms with Gasteiger partial charge in [-0.1, -0.05) is 30.3 Å². The van der Waals surface area contributed by atoms with Crippen LogP contribution >= 0.6 is 0 Å². The van der Waals surface area contributed by atoms with E-state index in [9.17, 15) is 10.2 Å². The molecule has 2 aromatic carbocycles. The Morgan fingerprint density at radius 3 is 1.78 bits per heavy atom. The number of phenolic OH excluding ortho intramolecular Hbond substituents is 2. The van der Waals surface area contributed by atoms with E-state index in [0.29, 0.717) is 0 Å². The van der Waals surface area contributed by atoms with Crippen molar-refractivity contribution in [3.8, 4) is 22.6 Å². The lowest BCUT2D eigenvalue weighted by Gasteiger charge is -2.32. The van der Waals surface area contributed by atoms with Gasteiger partial charge in [0.15, 0.2) is 11.5 Å². The first-order chi connectivity index (χ1) is 10.7. The van der Waals surface area contributed by atoms with E-state index in [0.717, 1.165) is 16.6 Å². The summed E-state index contributed by atoms with van der Waals surface area (Å²) in [4.78, 5) is 0. The minimum atomic E-state index is -0.387. The van der Waals surface area contributed by atoms with Crippen LogP contribution in [0, 0.1) is 0 Å². The Morgan fingerprint density at radius 1 is 0.739 bits per heavy atom. The monoisotopic (exact) mass is 312 g/mol. The van der Waals surface area contributed by atoms with E-state index >= 15 is 0 Å². The maximum Gasteiger partial charge on any atom is 0.494 e. The van der Waals surface area contributed by atoms with Crippen molar-refractivity contribution < 1.29 is 19.5 Å². The molecule has 0 atom stereocenters. The normalized spacial score (nSPS) is 19.0. The molecule has 1 aliphatic heterocycles. The Morgan fingerprint density at radius 2 is 1.26 bits per heavy atom. The van der Waals surface area contributed by atoms with E-state index in [-0.39, 0.29) is 29.8 Å². The molecule has 0 bridgehead atoms. The van der Waals surface area contributed by atoms with Crippen molar-refractivity contribution in [1.82, 2.24) is 0 Å². The molecule has 0 aromatic heterocycles. The van der Waals surface area contributed by atoms with E-state index in [1.165, 1.54) is 6.07 Å². The number of phenols is 2. The molecule has 0 radical (unpaired) electrons. The van der Waals surface area contributed by atoms with Crippen LogP contribution in [-0.2, 0) is 9.31 Å². The summed E-state index contributed by atoms with van der Waals surface area (Å²) in [6.45, 7) is 8.11. The molecule has 2 N–H and O–H groups in total. The summed E-state index contributed by atoms with van der Waals surface area (Å²) in [5.41, 5.74) is 2.01. The predicted molar refractivity (Wildman–Crippen MR) is 90.9 cm³/mol. The van der Waals surface area contributed by atoms with Crippen molar-refractivity contribution in [2.24, 2.45) is 0 Å².